The summed E-state index contributed by atoms with van der Waals surface area (Å²) in [4.78, 5) is 23.3. The van der Waals surface area contributed by atoms with Crippen LogP contribution in [0.1, 0.15) is 16.8 Å². The third-order valence-electron chi connectivity index (χ3n) is 3.27. The number of rotatable bonds is 5. The lowest BCUT2D eigenvalue weighted by atomic mass is 10.2. The van der Waals surface area contributed by atoms with Crippen molar-refractivity contribution in [3.05, 3.63) is 47.3 Å². The normalized spacial score (nSPS) is 17.3. The van der Waals surface area contributed by atoms with Gasteiger partial charge in [0.2, 0.25) is 6.10 Å². The Bertz CT molecular complexity index is 843. The summed E-state index contributed by atoms with van der Waals surface area (Å²) >= 11 is 1.11. The number of carbonyl (C=O) groups is 2. The van der Waals surface area contributed by atoms with Crippen LogP contribution in [0.25, 0.3) is 0 Å². The largest absolute Gasteiger partial charge is 0.463 e. The van der Waals surface area contributed by atoms with E-state index in [0.29, 0.717) is 12.1 Å². The van der Waals surface area contributed by atoms with Crippen LogP contribution < -0.4 is 4.72 Å². The van der Waals surface area contributed by atoms with E-state index in [9.17, 15) is 18.0 Å². The highest BCUT2D eigenvalue weighted by molar-refractivity contribution is 7.94. The quantitative estimate of drug-likeness (QED) is 0.812. The second-order valence-corrected chi connectivity index (χ2v) is 7.82. The van der Waals surface area contributed by atoms with Gasteiger partial charge in [0.25, 0.3) is 10.0 Å². The Balaban J connectivity index is 1.67. The van der Waals surface area contributed by atoms with Crippen LogP contribution >= 0.6 is 11.3 Å². The molecule has 0 saturated carbocycles. The molecule has 0 unspecified atom stereocenters. The molecule has 0 spiro atoms. The van der Waals surface area contributed by atoms with Crippen LogP contribution in [0.3, 0.4) is 0 Å². The molecule has 2 aromatic rings. The van der Waals surface area contributed by atoms with Crippen LogP contribution in [0.15, 0.2) is 46.0 Å². The molecule has 1 aromatic heterocycles. The maximum atomic E-state index is 12.1. The Morgan fingerprint density at radius 1 is 1.25 bits per heavy atom. The number of ether oxygens (including phenoxy) is 2. The summed E-state index contributed by atoms with van der Waals surface area (Å²) in [7, 11) is -3.64. The lowest BCUT2D eigenvalue weighted by molar-refractivity contribution is -0.145. The molecule has 1 atom stereocenters. The molecule has 0 bridgehead atoms. The zero-order valence-electron chi connectivity index (χ0n) is 12.3. The summed E-state index contributed by atoms with van der Waals surface area (Å²) in [6.07, 6.45) is -0.544. The van der Waals surface area contributed by atoms with E-state index in [-0.39, 0.29) is 16.4 Å². The molecule has 0 aliphatic carbocycles. The minimum absolute atomic E-state index is 0.200. The zero-order chi connectivity index (χ0) is 17.2. The molecule has 1 aliphatic heterocycles. The summed E-state index contributed by atoms with van der Waals surface area (Å²) in [5.74, 6) is -1.21. The van der Waals surface area contributed by atoms with Crippen LogP contribution in [0.2, 0.25) is 0 Å². The minimum atomic E-state index is -3.64. The van der Waals surface area contributed by atoms with Crippen molar-refractivity contribution in [2.24, 2.45) is 0 Å². The van der Waals surface area contributed by atoms with Crippen molar-refractivity contribution >= 4 is 39.0 Å². The predicted octanol–water partition coefficient (Wildman–Crippen LogP) is 2.02. The lowest BCUT2D eigenvalue weighted by Gasteiger charge is -2.09. The number of nitrogens with one attached hydrogen (secondary N) is 1. The Labute approximate surface area is 142 Å². The van der Waals surface area contributed by atoms with Crippen molar-refractivity contribution in [3.63, 3.8) is 0 Å². The average molecular weight is 367 g/mol. The number of anilines is 1. The number of thiophene rings is 1. The van der Waals surface area contributed by atoms with Crippen LogP contribution in [0.5, 0.6) is 0 Å². The van der Waals surface area contributed by atoms with E-state index in [0.717, 1.165) is 11.3 Å². The van der Waals surface area contributed by atoms with E-state index < -0.39 is 28.1 Å². The Morgan fingerprint density at radius 3 is 2.58 bits per heavy atom. The van der Waals surface area contributed by atoms with Gasteiger partial charge in [-0.05, 0) is 35.7 Å². The fraction of sp³-hybridized carbons (Fsp3) is 0.200. The van der Waals surface area contributed by atoms with Crippen LogP contribution in [0, 0.1) is 0 Å². The van der Waals surface area contributed by atoms with E-state index in [1.54, 1.807) is 11.4 Å². The number of carbonyl (C=O) groups excluding carboxylic acids is 2. The highest BCUT2D eigenvalue weighted by atomic mass is 32.2. The van der Waals surface area contributed by atoms with Crippen molar-refractivity contribution in [2.75, 3.05) is 11.3 Å². The van der Waals surface area contributed by atoms with Gasteiger partial charge in [-0.3, -0.25) is 4.72 Å². The van der Waals surface area contributed by atoms with Crippen molar-refractivity contribution in [2.45, 2.75) is 16.7 Å². The lowest BCUT2D eigenvalue weighted by Crippen LogP contribution is -2.22. The van der Waals surface area contributed by atoms with Gasteiger partial charge in [-0.15, -0.1) is 11.3 Å². The first-order chi connectivity index (χ1) is 11.5. The molecule has 2 heterocycles. The first-order valence-electron chi connectivity index (χ1n) is 7.00. The molecule has 1 aromatic carbocycles. The molecule has 0 amide bonds. The van der Waals surface area contributed by atoms with Crippen molar-refractivity contribution < 1.29 is 27.5 Å². The molecule has 1 aliphatic rings. The number of hydrogen-bond donors (Lipinski definition) is 1. The number of benzene rings is 1. The van der Waals surface area contributed by atoms with Crippen LogP contribution in [0.4, 0.5) is 5.69 Å². The van der Waals surface area contributed by atoms with Crippen molar-refractivity contribution in [3.8, 4) is 0 Å². The Morgan fingerprint density at radius 2 is 2.00 bits per heavy atom. The summed E-state index contributed by atoms with van der Waals surface area (Å²) < 4.78 is 36.6. The number of hydrogen-bond acceptors (Lipinski definition) is 7. The highest BCUT2D eigenvalue weighted by Gasteiger charge is 2.30. The summed E-state index contributed by atoms with van der Waals surface area (Å²) in [5, 5.41) is 1.67. The third kappa shape index (κ3) is 3.57. The first-order valence-corrected chi connectivity index (χ1v) is 9.36. The maximum absolute atomic E-state index is 12.1. The fourth-order valence-electron chi connectivity index (χ4n) is 2.08. The van der Waals surface area contributed by atoms with Gasteiger partial charge in [0, 0.05) is 12.1 Å². The van der Waals surface area contributed by atoms with E-state index in [4.69, 9.17) is 9.47 Å². The van der Waals surface area contributed by atoms with Gasteiger partial charge in [0.1, 0.15) is 4.21 Å². The molecule has 9 heteroatoms. The second-order valence-electron chi connectivity index (χ2n) is 4.97. The van der Waals surface area contributed by atoms with Gasteiger partial charge < -0.3 is 9.47 Å². The zero-order valence-corrected chi connectivity index (χ0v) is 13.9. The Kier molecular flexibility index (Phi) is 4.54. The molecule has 1 saturated heterocycles. The van der Waals surface area contributed by atoms with Crippen LogP contribution in [-0.4, -0.2) is 33.1 Å². The van der Waals surface area contributed by atoms with E-state index in [1.807, 2.05) is 0 Å². The first kappa shape index (κ1) is 16.5. The number of sulfonamides is 1. The fourth-order valence-corrected chi connectivity index (χ4v) is 4.13. The third-order valence-corrected chi connectivity index (χ3v) is 6.05. The van der Waals surface area contributed by atoms with Gasteiger partial charge in [-0.25, -0.2) is 18.0 Å². The number of cyclic esters (lactones) is 1. The Hall–Kier alpha value is -2.39. The van der Waals surface area contributed by atoms with Crippen molar-refractivity contribution in [1.29, 1.82) is 0 Å². The highest BCUT2D eigenvalue weighted by Crippen LogP contribution is 2.21. The van der Waals surface area contributed by atoms with E-state index in [2.05, 4.69) is 4.72 Å². The number of esters is 2. The summed E-state index contributed by atoms with van der Waals surface area (Å²) in [6.45, 7) is 0.236. The monoisotopic (exact) mass is 367 g/mol. The van der Waals surface area contributed by atoms with E-state index in [1.165, 1.54) is 30.3 Å². The molecule has 0 radical (unpaired) electrons. The maximum Gasteiger partial charge on any atom is 0.347 e. The van der Waals surface area contributed by atoms with E-state index >= 15 is 0 Å². The SMILES string of the molecule is O=C(O[C@@H]1CCOC1=O)c1ccc(NS(=O)(=O)c2cccs2)cc1. The molecule has 3 rings (SSSR count). The molecule has 1 fully saturated rings. The molecular formula is C15H13NO6S2. The van der Waals surface area contributed by atoms with Gasteiger partial charge in [0.15, 0.2) is 0 Å². The molecule has 126 valence electrons. The molecule has 1 N–H and O–H groups in total. The smallest absolute Gasteiger partial charge is 0.347 e. The predicted molar refractivity (Wildman–Crippen MR) is 86.3 cm³/mol. The van der Waals surface area contributed by atoms with Gasteiger partial charge in [-0.2, -0.15) is 0 Å². The molecule has 24 heavy (non-hydrogen) atoms. The van der Waals surface area contributed by atoms with Gasteiger partial charge in [0.05, 0.1) is 12.2 Å². The van der Waals surface area contributed by atoms with Gasteiger partial charge >= 0.3 is 11.9 Å². The van der Waals surface area contributed by atoms with Gasteiger partial charge in [-0.1, -0.05) is 6.07 Å². The second kappa shape index (κ2) is 6.62. The molecular weight excluding hydrogens is 354 g/mol. The summed E-state index contributed by atoms with van der Waals surface area (Å²) in [6, 6.07) is 8.90. The van der Waals surface area contributed by atoms with Crippen molar-refractivity contribution in [1.82, 2.24) is 0 Å². The standard InChI is InChI=1S/C15H13NO6S2/c17-14(22-12-7-8-21-15(12)18)10-3-5-11(6-4-10)16-24(19,20)13-2-1-9-23-13/h1-6,9,12,16H,7-8H2/t12-/m1/s1. The van der Waals surface area contributed by atoms with Crippen LogP contribution in [-0.2, 0) is 24.3 Å². The topological polar surface area (TPSA) is 98.8 Å². The average Bonchev–Trinajstić information content (AvgIpc) is 3.20. The minimum Gasteiger partial charge on any atom is -0.463 e. The molecule has 7 nitrogen and oxygen atoms in total. The summed E-state index contributed by atoms with van der Waals surface area (Å²) in [5.41, 5.74) is 0.536.